The fourth-order valence-electron chi connectivity index (χ4n) is 2.07. The van der Waals surface area contributed by atoms with Gasteiger partial charge in [0.1, 0.15) is 0 Å². The summed E-state index contributed by atoms with van der Waals surface area (Å²) in [5.74, 6) is 0.00884. The second kappa shape index (κ2) is 7.17. The molecule has 0 saturated heterocycles. The van der Waals surface area contributed by atoms with E-state index in [0.29, 0.717) is 6.54 Å². The summed E-state index contributed by atoms with van der Waals surface area (Å²) in [6, 6.07) is 11.6. The molecule has 0 saturated carbocycles. The minimum atomic E-state index is -3.32. The smallest absolute Gasteiger partial charge is 0.216 e. The molecular weight excluding hydrogens is 304 g/mol. The fraction of sp³-hybridized carbons (Fsp3) is 0.333. The minimum absolute atomic E-state index is 0.00884. The van der Waals surface area contributed by atoms with Crippen molar-refractivity contribution >= 4 is 21.4 Å². The molecule has 0 bridgehead atoms. The first kappa shape index (κ1) is 16.2. The Balaban J connectivity index is 1.98. The van der Waals surface area contributed by atoms with E-state index in [4.69, 9.17) is 0 Å². The van der Waals surface area contributed by atoms with Crippen LogP contribution in [0.2, 0.25) is 0 Å². The van der Waals surface area contributed by atoms with Gasteiger partial charge in [0.15, 0.2) is 0 Å². The molecule has 0 atom stereocenters. The van der Waals surface area contributed by atoms with Crippen LogP contribution in [0.1, 0.15) is 20.9 Å². The molecule has 0 aliphatic heterocycles. The average molecular weight is 324 g/mol. The van der Waals surface area contributed by atoms with Crippen LogP contribution in [0, 0.1) is 6.92 Å². The summed E-state index contributed by atoms with van der Waals surface area (Å²) in [5, 5.41) is 3.06. The number of aryl methyl sites for hydroxylation is 1. The summed E-state index contributed by atoms with van der Waals surface area (Å²) in [7, 11) is -1.45. The van der Waals surface area contributed by atoms with Crippen molar-refractivity contribution in [1.82, 2.24) is 10.0 Å². The molecule has 0 aliphatic carbocycles. The SMILES string of the molecule is CNCc1cccc(CS(=O)(=O)NCc2ccc(C)s2)c1. The Labute approximate surface area is 130 Å². The quantitative estimate of drug-likeness (QED) is 0.822. The van der Waals surface area contributed by atoms with E-state index in [-0.39, 0.29) is 5.75 Å². The third-order valence-corrected chi connectivity index (χ3v) is 5.29. The number of rotatable bonds is 7. The normalized spacial score (nSPS) is 11.7. The van der Waals surface area contributed by atoms with Crippen molar-refractivity contribution in [1.29, 1.82) is 0 Å². The van der Waals surface area contributed by atoms with Gasteiger partial charge in [-0.15, -0.1) is 11.3 Å². The molecule has 2 aromatic rings. The lowest BCUT2D eigenvalue weighted by atomic mass is 10.1. The predicted octanol–water partition coefficient (Wildman–Crippen LogP) is 2.40. The average Bonchev–Trinajstić information content (AvgIpc) is 2.83. The van der Waals surface area contributed by atoms with Crippen molar-refractivity contribution < 1.29 is 8.42 Å². The van der Waals surface area contributed by atoms with E-state index in [1.54, 1.807) is 11.3 Å². The van der Waals surface area contributed by atoms with Gasteiger partial charge in [-0.05, 0) is 37.2 Å². The van der Waals surface area contributed by atoms with Gasteiger partial charge in [0.05, 0.1) is 5.75 Å². The van der Waals surface area contributed by atoms with E-state index in [2.05, 4.69) is 10.0 Å². The van der Waals surface area contributed by atoms with E-state index in [9.17, 15) is 8.42 Å². The third-order valence-electron chi connectivity index (χ3n) is 2.99. The molecule has 0 amide bonds. The molecule has 21 heavy (non-hydrogen) atoms. The van der Waals surface area contributed by atoms with E-state index in [1.165, 1.54) is 4.88 Å². The molecule has 6 heteroatoms. The molecule has 114 valence electrons. The van der Waals surface area contributed by atoms with Crippen LogP contribution in [0.25, 0.3) is 0 Å². The fourth-order valence-corrected chi connectivity index (χ4v) is 4.08. The van der Waals surface area contributed by atoms with Gasteiger partial charge in [0.2, 0.25) is 10.0 Å². The first-order valence-electron chi connectivity index (χ1n) is 6.73. The molecule has 1 aromatic heterocycles. The Kier molecular flexibility index (Phi) is 5.52. The van der Waals surface area contributed by atoms with E-state index in [0.717, 1.165) is 22.5 Å². The zero-order valence-corrected chi connectivity index (χ0v) is 13.9. The minimum Gasteiger partial charge on any atom is -0.316 e. The van der Waals surface area contributed by atoms with Crippen molar-refractivity contribution in [2.75, 3.05) is 7.05 Å². The second-order valence-electron chi connectivity index (χ2n) is 4.94. The van der Waals surface area contributed by atoms with Gasteiger partial charge in [0.25, 0.3) is 0 Å². The molecular formula is C15H20N2O2S2. The number of hydrogen-bond donors (Lipinski definition) is 2. The van der Waals surface area contributed by atoms with Crippen molar-refractivity contribution in [3.05, 3.63) is 57.3 Å². The number of hydrogen-bond acceptors (Lipinski definition) is 4. The Morgan fingerprint density at radius 2 is 1.86 bits per heavy atom. The highest BCUT2D eigenvalue weighted by Crippen LogP contribution is 2.15. The van der Waals surface area contributed by atoms with Gasteiger partial charge in [-0.1, -0.05) is 24.3 Å². The van der Waals surface area contributed by atoms with Crippen LogP contribution in [0.15, 0.2) is 36.4 Å². The molecule has 2 rings (SSSR count). The van der Waals surface area contributed by atoms with Crippen LogP contribution in [0.5, 0.6) is 0 Å². The van der Waals surface area contributed by atoms with E-state index in [1.807, 2.05) is 50.4 Å². The van der Waals surface area contributed by atoms with Crippen LogP contribution in [-0.2, 0) is 28.9 Å². The lowest BCUT2D eigenvalue weighted by Crippen LogP contribution is -2.24. The van der Waals surface area contributed by atoms with Gasteiger partial charge < -0.3 is 5.32 Å². The lowest BCUT2D eigenvalue weighted by molar-refractivity contribution is 0.581. The Bertz CT molecular complexity index is 693. The summed E-state index contributed by atoms with van der Waals surface area (Å²) < 4.78 is 26.9. The van der Waals surface area contributed by atoms with Gasteiger partial charge >= 0.3 is 0 Å². The highest BCUT2D eigenvalue weighted by atomic mass is 32.2. The topological polar surface area (TPSA) is 58.2 Å². The molecule has 0 radical (unpaired) electrons. The number of sulfonamides is 1. The molecule has 0 fully saturated rings. The van der Waals surface area contributed by atoms with Crippen LogP contribution in [-0.4, -0.2) is 15.5 Å². The molecule has 0 unspecified atom stereocenters. The molecule has 1 aromatic carbocycles. The highest BCUT2D eigenvalue weighted by Gasteiger charge is 2.12. The lowest BCUT2D eigenvalue weighted by Gasteiger charge is -2.07. The molecule has 2 N–H and O–H groups in total. The molecule has 0 aliphatic rings. The van der Waals surface area contributed by atoms with Gasteiger partial charge in [-0.3, -0.25) is 0 Å². The molecule has 4 nitrogen and oxygen atoms in total. The largest absolute Gasteiger partial charge is 0.316 e. The van der Waals surface area contributed by atoms with Crippen molar-refractivity contribution in [3.63, 3.8) is 0 Å². The maximum absolute atomic E-state index is 12.1. The Morgan fingerprint density at radius 3 is 2.52 bits per heavy atom. The van der Waals surface area contributed by atoms with Crippen molar-refractivity contribution in [2.24, 2.45) is 0 Å². The predicted molar refractivity (Wildman–Crippen MR) is 87.7 cm³/mol. The van der Waals surface area contributed by atoms with Crippen molar-refractivity contribution in [2.45, 2.75) is 25.8 Å². The second-order valence-corrected chi connectivity index (χ2v) is 8.12. The van der Waals surface area contributed by atoms with Gasteiger partial charge in [-0.25, -0.2) is 13.1 Å². The molecule has 0 spiro atoms. The Hall–Kier alpha value is -1.21. The number of thiophene rings is 1. The summed E-state index contributed by atoms with van der Waals surface area (Å²) in [5.41, 5.74) is 1.89. The van der Waals surface area contributed by atoms with Crippen LogP contribution in [0.3, 0.4) is 0 Å². The first-order valence-corrected chi connectivity index (χ1v) is 9.20. The zero-order chi connectivity index (χ0) is 15.3. The maximum atomic E-state index is 12.1. The van der Waals surface area contributed by atoms with E-state index < -0.39 is 10.0 Å². The van der Waals surface area contributed by atoms with Crippen molar-refractivity contribution in [3.8, 4) is 0 Å². The molecule has 1 heterocycles. The van der Waals surface area contributed by atoms with Crippen LogP contribution < -0.4 is 10.0 Å². The number of benzene rings is 1. The standard InChI is InChI=1S/C15H20N2O2S2/c1-12-6-7-15(20-12)10-17-21(18,19)11-14-5-3-4-13(8-14)9-16-2/h3-8,16-17H,9-11H2,1-2H3. The van der Waals surface area contributed by atoms with Gasteiger partial charge in [0, 0.05) is 22.8 Å². The highest BCUT2D eigenvalue weighted by molar-refractivity contribution is 7.88. The van der Waals surface area contributed by atoms with Gasteiger partial charge in [-0.2, -0.15) is 0 Å². The summed E-state index contributed by atoms with van der Waals surface area (Å²) >= 11 is 1.61. The number of nitrogens with one attached hydrogen (secondary N) is 2. The first-order chi connectivity index (χ1) is 9.98. The van der Waals surface area contributed by atoms with Crippen LogP contribution in [0.4, 0.5) is 0 Å². The third kappa shape index (κ3) is 5.24. The van der Waals surface area contributed by atoms with E-state index >= 15 is 0 Å². The van der Waals surface area contributed by atoms with Crippen LogP contribution >= 0.6 is 11.3 Å². The maximum Gasteiger partial charge on any atom is 0.216 e. The summed E-state index contributed by atoms with van der Waals surface area (Å²) in [6.45, 7) is 3.10. The zero-order valence-electron chi connectivity index (χ0n) is 12.2. The Morgan fingerprint density at radius 1 is 1.10 bits per heavy atom. The summed E-state index contributed by atoms with van der Waals surface area (Å²) in [4.78, 5) is 2.21. The monoisotopic (exact) mass is 324 g/mol. The summed E-state index contributed by atoms with van der Waals surface area (Å²) in [6.07, 6.45) is 0.